The second kappa shape index (κ2) is 8.05. The number of rotatable bonds is 7. The topological polar surface area (TPSA) is 90.1 Å². The molecule has 1 N–H and O–H groups in total. The van der Waals surface area contributed by atoms with E-state index in [-0.39, 0.29) is 12.3 Å². The van der Waals surface area contributed by atoms with Crippen molar-refractivity contribution in [3.8, 4) is 17.2 Å². The van der Waals surface area contributed by atoms with Crippen LogP contribution in [0.1, 0.15) is 17.9 Å². The molecule has 3 rings (SSSR count). The van der Waals surface area contributed by atoms with Gasteiger partial charge in [-0.05, 0) is 29.8 Å². The number of amides is 1. The first-order chi connectivity index (χ1) is 12.3. The second-order valence-corrected chi connectivity index (χ2v) is 5.33. The maximum Gasteiger partial charge on any atom is 0.251 e. The molecule has 0 radical (unpaired) electrons. The Morgan fingerprint density at radius 3 is 2.76 bits per heavy atom. The SMILES string of the molecule is COc1ccccc1-c1nnc(CCC(=O)NCc2ccncc2)o1. The minimum Gasteiger partial charge on any atom is -0.496 e. The Bertz CT molecular complexity index is 833. The molecule has 2 heterocycles. The van der Waals surface area contributed by atoms with Gasteiger partial charge in [0.1, 0.15) is 5.75 Å². The first-order valence-electron chi connectivity index (χ1n) is 7.87. The van der Waals surface area contributed by atoms with Crippen LogP contribution < -0.4 is 10.1 Å². The molecule has 3 aromatic rings. The van der Waals surface area contributed by atoms with Crippen molar-refractivity contribution in [2.75, 3.05) is 7.11 Å². The molecule has 1 aromatic carbocycles. The van der Waals surface area contributed by atoms with Gasteiger partial charge in [-0.15, -0.1) is 10.2 Å². The number of carbonyl (C=O) groups is 1. The maximum absolute atomic E-state index is 11.9. The highest BCUT2D eigenvalue weighted by atomic mass is 16.5. The van der Waals surface area contributed by atoms with E-state index in [1.54, 1.807) is 19.5 Å². The van der Waals surface area contributed by atoms with Gasteiger partial charge in [-0.2, -0.15) is 0 Å². The summed E-state index contributed by atoms with van der Waals surface area (Å²) in [6, 6.07) is 11.1. The number of hydrogen-bond donors (Lipinski definition) is 1. The van der Waals surface area contributed by atoms with Gasteiger partial charge < -0.3 is 14.5 Å². The smallest absolute Gasteiger partial charge is 0.251 e. The minimum atomic E-state index is -0.0751. The minimum absolute atomic E-state index is 0.0751. The van der Waals surface area contributed by atoms with Gasteiger partial charge in [0.15, 0.2) is 0 Å². The van der Waals surface area contributed by atoms with Crippen molar-refractivity contribution in [3.05, 3.63) is 60.2 Å². The lowest BCUT2D eigenvalue weighted by molar-refractivity contribution is -0.121. The number of carbonyl (C=O) groups excluding carboxylic acids is 1. The summed E-state index contributed by atoms with van der Waals surface area (Å²) in [6.07, 6.45) is 4.04. The highest BCUT2D eigenvalue weighted by Crippen LogP contribution is 2.28. The van der Waals surface area contributed by atoms with Crippen molar-refractivity contribution in [1.29, 1.82) is 0 Å². The lowest BCUT2D eigenvalue weighted by atomic mass is 10.2. The predicted molar refractivity (Wildman–Crippen MR) is 90.7 cm³/mol. The van der Waals surface area contributed by atoms with Crippen molar-refractivity contribution in [1.82, 2.24) is 20.5 Å². The number of hydrogen-bond acceptors (Lipinski definition) is 6. The van der Waals surface area contributed by atoms with Crippen LogP contribution in [0.15, 0.2) is 53.2 Å². The summed E-state index contributed by atoms with van der Waals surface area (Å²) in [5.74, 6) is 1.38. The van der Waals surface area contributed by atoms with E-state index in [4.69, 9.17) is 9.15 Å². The molecule has 25 heavy (non-hydrogen) atoms. The predicted octanol–water partition coefficient (Wildman–Crippen LogP) is 2.39. The standard InChI is InChI=1S/C18H18N4O3/c1-24-15-5-3-2-4-14(15)18-22-21-17(25-18)7-6-16(23)20-12-13-8-10-19-11-9-13/h2-5,8-11H,6-7,12H2,1H3,(H,20,23). The Balaban J connectivity index is 1.54. The molecule has 7 heteroatoms. The van der Waals surface area contributed by atoms with E-state index < -0.39 is 0 Å². The number of para-hydroxylation sites is 1. The average molecular weight is 338 g/mol. The van der Waals surface area contributed by atoms with Crippen molar-refractivity contribution < 1.29 is 13.9 Å². The largest absolute Gasteiger partial charge is 0.496 e. The van der Waals surface area contributed by atoms with Crippen LogP contribution in [0.25, 0.3) is 11.5 Å². The highest BCUT2D eigenvalue weighted by molar-refractivity contribution is 5.76. The van der Waals surface area contributed by atoms with E-state index in [0.717, 1.165) is 11.1 Å². The van der Waals surface area contributed by atoms with E-state index >= 15 is 0 Å². The van der Waals surface area contributed by atoms with E-state index in [2.05, 4.69) is 20.5 Å². The lowest BCUT2D eigenvalue weighted by Gasteiger charge is -2.04. The molecule has 1 amide bonds. The fraction of sp³-hybridized carbons (Fsp3) is 0.222. The van der Waals surface area contributed by atoms with Crippen LogP contribution in [0.2, 0.25) is 0 Å². The molecule has 0 saturated carbocycles. The molecule has 0 fully saturated rings. The zero-order valence-electron chi connectivity index (χ0n) is 13.8. The van der Waals surface area contributed by atoms with E-state index in [0.29, 0.717) is 30.5 Å². The molecule has 0 spiro atoms. The molecule has 7 nitrogen and oxygen atoms in total. The van der Waals surface area contributed by atoms with Gasteiger partial charge in [-0.1, -0.05) is 12.1 Å². The number of benzene rings is 1. The first-order valence-corrected chi connectivity index (χ1v) is 7.87. The Morgan fingerprint density at radius 2 is 1.96 bits per heavy atom. The molecule has 2 aromatic heterocycles. The van der Waals surface area contributed by atoms with Crippen LogP contribution in [0.5, 0.6) is 5.75 Å². The molecule has 0 bridgehead atoms. The number of methoxy groups -OCH3 is 1. The third-order valence-electron chi connectivity index (χ3n) is 3.61. The van der Waals surface area contributed by atoms with E-state index in [9.17, 15) is 4.79 Å². The number of nitrogens with one attached hydrogen (secondary N) is 1. The van der Waals surface area contributed by atoms with Crippen molar-refractivity contribution in [3.63, 3.8) is 0 Å². The summed E-state index contributed by atoms with van der Waals surface area (Å²) in [5.41, 5.74) is 1.73. The Labute approximate surface area is 145 Å². The Morgan fingerprint density at radius 1 is 1.16 bits per heavy atom. The number of aromatic nitrogens is 3. The van der Waals surface area contributed by atoms with Crippen LogP contribution in [0.4, 0.5) is 0 Å². The second-order valence-electron chi connectivity index (χ2n) is 5.33. The number of pyridine rings is 1. The summed E-state index contributed by atoms with van der Waals surface area (Å²) in [4.78, 5) is 15.9. The number of nitrogens with zero attached hydrogens (tertiary/aromatic N) is 3. The lowest BCUT2D eigenvalue weighted by Crippen LogP contribution is -2.23. The molecular formula is C18H18N4O3. The Hall–Kier alpha value is -3.22. The normalized spacial score (nSPS) is 10.4. The third kappa shape index (κ3) is 4.41. The zero-order chi connectivity index (χ0) is 17.5. The molecular weight excluding hydrogens is 320 g/mol. The zero-order valence-corrected chi connectivity index (χ0v) is 13.8. The van der Waals surface area contributed by atoms with Crippen LogP contribution in [0.3, 0.4) is 0 Å². The highest BCUT2D eigenvalue weighted by Gasteiger charge is 2.13. The summed E-state index contributed by atoms with van der Waals surface area (Å²) >= 11 is 0. The van der Waals surface area contributed by atoms with Crippen LogP contribution in [-0.4, -0.2) is 28.2 Å². The van der Waals surface area contributed by atoms with Gasteiger partial charge in [-0.25, -0.2) is 0 Å². The number of aryl methyl sites for hydroxylation is 1. The first kappa shape index (κ1) is 16.6. The van der Waals surface area contributed by atoms with Crippen molar-refractivity contribution in [2.24, 2.45) is 0 Å². The van der Waals surface area contributed by atoms with E-state index in [1.807, 2.05) is 36.4 Å². The molecule has 0 atom stereocenters. The fourth-order valence-electron chi connectivity index (χ4n) is 2.29. The molecule has 128 valence electrons. The third-order valence-corrected chi connectivity index (χ3v) is 3.61. The number of ether oxygens (including phenoxy) is 1. The van der Waals surface area contributed by atoms with Crippen molar-refractivity contribution in [2.45, 2.75) is 19.4 Å². The maximum atomic E-state index is 11.9. The van der Waals surface area contributed by atoms with Gasteiger partial charge in [0, 0.05) is 31.8 Å². The molecule has 0 aliphatic rings. The quantitative estimate of drug-likeness (QED) is 0.711. The van der Waals surface area contributed by atoms with Gasteiger partial charge in [0.25, 0.3) is 5.89 Å². The fourth-order valence-corrected chi connectivity index (χ4v) is 2.29. The van der Waals surface area contributed by atoms with E-state index in [1.165, 1.54) is 0 Å². The summed E-state index contributed by atoms with van der Waals surface area (Å²) < 4.78 is 10.9. The Kier molecular flexibility index (Phi) is 5.36. The van der Waals surface area contributed by atoms with Gasteiger partial charge in [0.2, 0.25) is 11.8 Å². The van der Waals surface area contributed by atoms with Crippen LogP contribution >= 0.6 is 0 Å². The van der Waals surface area contributed by atoms with Crippen molar-refractivity contribution >= 4 is 5.91 Å². The molecule has 0 saturated heterocycles. The van der Waals surface area contributed by atoms with Gasteiger partial charge in [-0.3, -0.25) is 9.78 Å². The summed E-state index contributed by atoms with van der Waals surface area (Å²) in [6.45, 7) is 0.470. The summed E-state index contributed by atoms with van der Waals surface area (Å²) in [5, 5.41) is 10.9. The van der Waals surface area contributed by atoms with Gasteiger partial charge in [0.05, 0.1) is 12.7 Å². The van der Waals surface area contributed by atoms with Crippen LogP contribution in [-0.2, 0) is 17.8 Å². The summed E-state index contributed by atoms with van der Waals surface area (Å²) in [7, 11) is 1.59. The molecule has 0 aliphatic heterocycles. The van der Waals surface area contributed by atoms with Crippen LogP contribution in [0, 0.1) is 0 Å². The van der Waals surface area contributed by atoms with Gasteiger partial charge >= 0.3 is 0 Å². The average Bonchev–Trinajstić information content (AvgIpc) is 3.14. The molecule has 0 unspecified atom stereocenters. The molecule has 0 aliphatic carbocycles. The monoisotopic (exact) mass is 338 g/mol.